The first kappa shape index (κ1) is 21.7. The Kier molecular flexibility index (Phi) is 6.55. The molecule has 0 radical (unpaired) electrons. The molecule has 150 valence electrons. The van der Waals surface area contributed by atoms with Crippen molar-refractivity contribution >= 4 is 39.9 Å². The molecule has 2 aromatic rings. The monoisotopic (exact) mass is 431 g/mol. The van der Waals surface area contributed by atoms with Crippen LogP contribution in [0.4, 0.5) is 0 Å². The fraction of sp³-hybridized carbons (Fsp3) is 0.600. The smallest absolute Gasteiger partial charge is 0.316 e. The standard InChI is InChI=1S/C15H25N5O4S2Si/c1-7-12(21)24-20-14(16-17-18-20)11-10-13(27(4,5)6)25-15(11)26(22,23)19(8-2)9-3/h10H,7-9H2,1-6H3. The Hall–Kier alpha value is -1.63. The summed E-state index contributed by atoms with van der Waals surface area (Å²) < 4.78 is 29.0. The van der Waals surface area contributed by atoms with Gasteiger partial charge in [-0.25, -0.2) is 13.2 Å². The highest BCUT2D eigenvalue weighted by atomic mass is 32.2. The van der Waals surface area contributed by atoms with Gasteiger partial charge >= 0.3 is 5.97 Å². The van der Waals surface area contributed by atoms with E-state index in [1.54, 1.807) is 20.8 Å². The summed E-state index contributed by atoms with van der Waals surface area (Å²) in [6.07, 6.45) is 0.147. The van der Waals surface area contributed by atoms with Crippen molar-refractivity contribution in [3.63, 3.8) is 0 Å². The Bertz CT molecular complexity index is 913. The van der Waals surface area contributed by atoms with Gasteiger partial charge in [-0.2, -0.15) is 4.31 Å². The van der Waals surface area contributed by atoms with Crippen molar-refractivity contribution in [1.82, 2.24) is 24.7 Å². The van der Waals surface area contributed by atoms with E-state index >= 15 is 0 Å². The van der Waals surface area contributed by atoms with Crippen molar-refractivity contribution < 1.29 is 18.0 Å². The third-order valence-electron chi connectivity index (χ3n) is 3.88. The summed E-state index contributed by atoms with van der Waals surface area (Å²) in [6.45, 7) is 12.4. The predicted molar refractivity (Wildman–Crippen MR) is 106 cm³/mol. The highest BCUT2D eigenvalue weighted by Gasteiger charge is 2.33. The van der Waals surface area contributed by atoms with E-state index in [4.69, 9.17) is 4.84 Å². The quantitative estimate of drug-likeness (QED) is 0.458. The van der Waals surface area contributed by atoms with Gasteiger partial charge in [0.25, 0.3) is 10.0 Å². The van der Waals surface area contributed by atoms with Crippen LogP contribution in [0.1, 0.15) is 27.2 Å². The Morgan fingerprint density at radius 2 is 1.89 bits per heavy atom. The van der Waals surface area contributed by atoms with Crippen LogP contribution in [0.15, 0.2) is 10.3 Å². The minimum atomic E-state index is -3.72. The van der Waals surface area contributed by atoms with Crippen LogP contribution in [0.2, 0.25) is 19.6 Å². The van der Waals surface area contributed by atoms with Gasteiger partial charge in [0.2, 0.25) is 5.82 Å². The van der Waals surface area contributed by atoms with E-state index in [0.717, 1.165) is 9.35 Å². The average Bonchev–Trinajstić information content (AvgIpc) is 3.21. The molecule has 0 fully saturated rings. The second-order valence-electron chi connectivity index (χ2n) is 6.84. The summed E-state index contributed by atoms with van der Waals surface area (Å²) >= 11 is 1.25. The van der Waals surface area contributed by atoms with Crippen LogP contribution < -0.4 is 9.34 Å². The van der Waals surface area contributed by atoms with E-state index in [-0.39, 0.29) is 16.5 Å². The summed E-state index contributed by atoms with van der Waals surface area (Å²) in [6, 6.07) is 1.81. The van der Waals surface area contributed by atoms with Crippen molar-refractivity contribution in [2.75, 3.05) is 13.1 Å². The maximum atomic E-state index is 13.2. The number of hydrogen-bond donors (Lipinski definition) is 0. The zero-order valence-electron chi connectivity index (χ0n) is 16.4. The summed E-state index contributed by atoms with van der Waals surface area (Å²) in [4.78, 5) is 17.7. The van der Waals surface area contributed by atoms with E-state index in [2.05, 4.69) is 35.2 Å². The zero-order valence-corrected chi connectivity index (χ0v) is 19.0. The normalized spacial score (nSPS) is 12.6. The van der Waals surface area contributed by atoms with Crippen LogP contribution in [0.3, 0.4) is 0 Å². The molecular weight excluding hydrogens is 406 g/mol. The topological polar surface area (TPSA) is 107 Å². The fourth-order valence-corrected chi connectivity index (χ4v) is 7.65. The van der Waals surface area contributed by atoms with Crippen molar-refractivity contribution in [1.29, 1.82) is 0 Å². The molecule has 0 aliphatic carbocycles. The molecule has 0 spiro atoms. The molecule has 0 bridgehead atoms. The van der Waals surface area contributed by atoms with Gasteiger partial charge in [0.15, 0.2) is 0 Å². The lowest BCUT2D eigenvalue weighted by Gasteiger charge is -2.18. The van der Waals surface area contributed by atoms with Crippen molar-refractivity contribution in [2.24, 2.45) is 0 Å². The third kappa shape index (κ3) is 4.45. The molecule has 0 amide bonds. The molecule has 0 N–H and O–H groups in total. The lowest BCUT2D eigenvalue weighted by Crippen LogP contribution is -2.35. The predicted octanol–water partition coefficient (Wildman–Crippen LogP) is 1.34. The molecule has 0 saturated heterocycles. The lowest BCUT2D eigenvalue weighted by atomic mass is 10.3. The molecule has 0 unspecified atom stereocenters. The number of carbonyl (C=O) groups excluding carboxylic acids is 1. The number of rotatable bonds is 8. The van der Waals surface area contributed by atoms with Gasteiger partial charge in [-0.3, -0.25) is 0 Å². The Morgan fingerprint density at radius 3 is 2.41 bits per heavy atom. The van der Waals surface area contributed by atoms with Crippen LogP contribution in [-0.4, -0.2) is 60.2 Å². The molecule has 2 rings (SSSR count). The number of carbonyl (C=O) groups is 1. The molecular formula is C15H25N5O4S2Si. The van der Waals surface area contributed by atoms with E-state index in [0.29, 0.717) is 18.7 Å². The van der Waals surface area contributed by atoms with Gasteiger partial charge in [0.1, 0.15) is 4.21 Å². The highest BCUT2D eigenvalue weighted by molar-refractivity contribution is 7.91. The zero-order chi connectivity index (χ0) is 20.4. The molecule has 12 heteroatoms. The highest BCUT2D eigenvalue weighted by Crippen LogP contribution is 2.33. The minimum absolute atomic E-state index is 0.100. The van der Waals surface area contributed by atoms with Crippen LogP contribution >= 0.6 is 11.3 Å². The van der Waals surface area contributed by atoms with E-state index in [1.165, 1.54) is 15.6 Å². The molecule has 2 aromatic heterocycles. The molecule has 9 nitrogen and oxygen atoms in total. The van der Waals surface area contributed by atoms with Gasteiger partial charge in [0, 0.05) is 19.5 Å². The molecule has 0 aliphatic rings. The number of thiophene rings is 1. The van der Waals surface area contributed by atoms with Gasteiger partial charge in [0.05, 0.1) is 13.6 Å². The van der Waals surface area contributed by atoms with Crippen LogP contribution in [-0.2, 0) is 14.8 Å². The summed E-state index contributed by atoms with van der Waals surface area (Å²) in [5.41, 5.74) is 0.359. The maximum Gasteiger partial charge on any atom is 0.334 e. The Labute approximate surface area is 164 Å². The van der Waals surface area contributed by atoms with Crippen molar-refractivity contribution in [3.05, 3.63) is 6.07 Å². The van der Waals surface area contributed by atoms with Crippen LogP contribution in [0.25, 0.3) is 11.4 Å². The SMILES string of the molecule is CCC(=O)On1nnnc1-c1cc([Si](C)(C)C)sc1S(=O)(=O)N(CC)CC. The first-order valence-electron chi connectivity index (χ1n) is 8.70. The molecule has 27 heavy (non-hydrogen) atoms. The summed E-state index contributed by atoms with van der Waals surface area (Å²) in [5.74, 6) is -0.416. The number of tetrazole rings is 1. The average molecular weight is 432 g/mol. The van der Waals surface area contributed by atoms with Crippen LogP contribution in [0.5, 0.6) is 0 Å². The maximum absolute atomic E-state index is 13.2. The molecule has 0 atom stereocenters. The lowest BCUT2D eigenvalue weighted by molar-refractivity contribution is -0.145. The van der Waals surface area contributed by atoms with Crippen molar-refractivity contribution in [2.45, 2.75) is 51.0 Å². The van der Waals surface area contributed by atoms with E-state index < -0.39 is 24.1 Å². The first-order chi connectivity index (χ1) is 12.6. The largest absolute Gasteiger partial charge is 0.334 e. The number of sulfonamides is 1. The summed E-state index contributed by atoms with van der Waals surface area (Å²) in [7, 11) is -5.52. The second-order valence-corrected chi connectivity index (χ2v) is 15.4. The molecule has 0 aliphatic heterocycles. The molecule has 0 aromatic carbocycles. The first-order valence-corrected chi connectivity index (χ1v) is 14.5. The summed E-state index contributed by atoms with van der Waals surface area (Å²) in [5, 5.41) is 11.2. The Balaban J connectivity index is 2.69. The van der Waals surface area contributed by atoms with Crippen molar-refractivity contribution in [3.8, 4) is 11.4 Å². The van der Waals surface area contributed by atoms with Gasteiger partial charge in [-0.15, -0.1) is 16.4 Å². The minimum Gasteiger partial charge on any atom is -0.316 e. The number of nitrogens with zero attached hydrogens (tertiary/aromatic N) is 5. The third-order valence-corrected chi connectivity index (χ3v) is 11.2. The molecule has 2 heterocycles. The van der Waals surface area contributed by atoms with Gasteiger partial charge < -0.3 is 4.84 Å². The van der Waals surface area contributed by atoms with E-state index in [1.807, 2.05) is 6.07 Å². The van der Waals surface area contributed by atoms with Gasteiger partial charge in [-0.05, 0) is 25.8 Å². The van der Waals surface area contributed by atoms with Crippen LogP contribution in [0, 0.1) is 0 Å². The number of aromatic nitrogens is 4. The van der Waals surface area contributed by atoms with Gasteiger partial charge in [-0.1, -0.05) is 40.4 Å². The molecule has 0 saturated carbocycles. The fourth-order valence-electron chi connectivity index (χ4n) is 2.33. The number of hydrogen-bond acceptors (Lipinski definition) is 8. The van der Waals surface area contributed by atoms with E-state index in [9.17, 15) is 13.2 Å². The second kappa shape index (κ2) is 8.16. The Morgan fingerprint density at radius 1 is 1.26 bits per heavy atom.